The van der Waals surface area contributed by atoms with E-state index in [9.17, 15) is 4.79 Å². The lowest BCUT2D eigenvalue weighted by Crippen LogP contribution is -2.13. The average Bonchev–Trinajstić information content (AvgIpc) is 2.83. The lowest BCUT2D eigenvalue weighted by Gasteiger charge is -2.03. The third-order valence-electron chi connectivity index (χ3n) is 2.94. The Morgan fingerprint density at radius 2 is 1.85 bits per heavy atom. The van der Waals surface area contributed by atoms with Gasteiger partial charge in [-0.25, -0.2) is 0 Å². The molecule has 20 heavy (non-hydrogen) atoms. The molecule has 0 spiro atoms. The molecule has 2 aromatic carbocycles. The maximum Gasteiger partial charge on any atom is 0.229 e. The SMILES string of the molecule is O=C(Cc1cc2ccccc2s1)Nc1ccc(Cl)cc1. The van der Waals surface area contributed by atoms with E-state index in [1.54, 1.807) is 35.6 Å². The minimum Gasteiger partial charge on any atom is -0.326 e. The Kier molecular flexibility index (Phi) is 3.72. The Balaban J connectivity index is 1.70. The molecule has 0 fully saturated rings. The van der Waals surface area contributed by atoms with Gasteiger partial charge in [-0.1, -0.05) is 29.8 Å². The Bertz CT molecular complexity index is 716. The first kappa shape index (κ1) is 13.2. The van der Waals surface area contributed by atoms with E-state index < -0.39 is 0 Å². The van der Waals surface area contributed by atoms with Gasteiger partial charge in [0.05, 0.1) is 6.42 Å². The summed E-state index contributed by atoms with van der Waals surface area (Å²) in [5.74, 6) is -0.0149. The molecule has 0 bridgehead atoms. The first-order valence-electron chi connectivity index (χ1n) is 6.23. The van der Waals surface area contributed by atoms with Crippen molar-refractivity contribution < 1.29 is 4.79 Å². The highest BCUT2D eigenvalue weighted by Crippen LogP contribution is 2.25. The molecule has 1 N–H and O–H groups in total. The zero-order valence-electron chi connectivity index (χ0n) is 10.6. The first-order chi connectivity index (χ1) is 9.70. The summed E-state index contributed by atoms with van der Waals surface area (Å²) in [6.07, 6.45) is 0.391. The van der Waals surface area contributed by atoms with Crippen LogP contribution in [0.4, 0.5) is 5.69 Å². The highest BCUT2D eigenvalue weighted by molar-refractivity contribution is 7.19. The Hall–Kier alpha value is -1.84. The highest BCUT2D eigenvalue weighted by atomic mass is 35.5. The van der Waals surface area contributed by atoms with E-state index in [2.05, 4.69) is 23.5 Å². The van der Waals surface area contributed by atoms with Gasteiger partial charge in [-0.2, -0.15) is 0 Å². The van der Waals surface area contributed by atoms with Crippen LogP contribution in [-0.2, 0) is 11.2 Å². The largest absolute Gasteiger partial charge is 0.326 e. The van der Waals surface area contributed by atoms with Crippen LogP contribution in [0.15, 0.2) is 54.6 Å². The molecular weight excluding hydrogens is 290 g/mol. The van der Waals surface area contributed by atoms with Crippen LogP contribution in [0, 0.1) is 0 Å². The molecule has 1 aromatic heterocycles. The average molecular weight is 302 g/mol. The molecule has 1 heterocycles. The molecule has 0 aliphatic rings. The molecule has 4 heteroatoms. The second kappa shape index (κ2) is 5.65. The molecule has 0 atom stereocenters. The molecular formula is C16H12ClNOS. The molecule has 0 aliphatic carbocycles. The van der Waals surface area contributed by atoms with Crippen molar-refractivity contribution >= 4 is 44.6 Å². The monoisotopic (exact) mass is 301 g/mol. The second-order valence-corrected chi connectivity index (χ2v) is 6.09. The lowest BCUT2D eigenvalue weighted by atomic mass is 10.2. The van der Waals surface area contributed by atoms with Crippen molar-refractivity contribution in [2.24, 2.45) is 0 Å². The van der Waals surface area contributed by atoms with E-state index in [4.69, 9.17) is 11.6 Å². The van der Waals surface area contributed by atoms with Gasteiger partial charge in [0, 0.05) is 20.3 Å². The number of anilines is 1. The summed E-state index contributed by atoms with van der Waals surface area (Å²) >= 11 is 7.47. The number of amides is 1. The quantitative estimate of drug-likeness (QED) is 0.744. The van der Waals surface area contributed by atoms with Crippen molar-refractivity contribution in [3.05, 3.63) is 64.5 Å². The van der Waals surface area contributed by atoms with E-state index in [1.165, 1.54) is 10.1 Å². The normalized spacial score (nSPS) is 10.7. The van der Waals surface area contributed by atoms with Crippen LogP contribution in [0.1, 0.15) is 4.88 Å². The predicted molar refractivity (Wildman–Crippen MR) is 85.6 cm³/mol. The minimum atomic E-state index is -0.0149. The third-order valence-corrected chi connectivity index (χ3v) is 4.31. The Morgan fingerprint density at radius 3 is 2.60 bits per heavy atom. The summed E-state index contributed by atoms with van der Waals surface area (Å²) in [6.45, 7) is 0. The number of halogens is 1. The van der Waals surface area contributed by atoms with Gasteiger partial charge in [-0.3, -0.25) is 4.79 Å². The summed E-state index contributed by atoms with van der Waals surface area (Å²) in [5.41, 5.74) is 0.764. The Labute approximate surface area is 126 Å². The standard InChI is InChI=1S/C16H12ClNOS/c17-12-5-7-13(8-6-12)18-16(19)10-14-9-11-3-1-2-4-15(11)20-14/h1-9H,10H2,(H,18,19). The van der Waals surface area contributed by atoms with Crippen molar-refractivity contribution in [2.45, 2.75) is 6.42 Å². The minimum absolute atomic E-state index is 0.0149. The van der Waals surface area contributed by atoms with Gasteiger partial charge in [-0.05, 0) is 41.8 Å². The fourth-order valence-corrected chi connectivity index (χ4v) is 3.21. The molecule has 1 amide bonds. The summed E-state index contributed by atoms with van der Waals surface area (Å²) < 4.78 is 1.21. The molecule has 0 unspecified atom stereocenters. The van der Waals surface area contributed by atoms with Crippen molar-refractivity contribution in [2.75, 3.05) is 5.32 Å². The molecule has 2 nitrogen and oxygen atoms in total. The smallest absolute Gasteiger partial charge is 0.229 e. The van der Waals surface area contributed by atoms with Crippen LogP contribution in [0.3, 0.4) is 0 Å². The molecule has 0 saturated carbocycles. The third kappa shape index (κ3) is 3.00. The molecule has 0 aliphatic heterocycles. The number of benzene rings is 2. The number of hydrogen-bond acceptors (Lipinski definition) is 2. The number of fused-ring (bicyclic) bond motifs is 1. The van der Waals surface area contributed by atoms with E-state index >= 15 is 0 Å². The highest BCUT2D eigenvalue weighted by Gasteiger charge is 2.07. The maximum atomic E-state index is 12.0. The number of thiophene rings is 1. The van der Waals surface area contributed by atoms with Gasteiger partial charge in [0.15, 0.2) is 0 Å². The molecule has 3 rings (SSSR count). The topological polar surface area (TPSA) is 29.1 Å². The van der Waals surface area contributed by atoms with Crippen LogP contribution >= 0.6 is 22.9 Å². The van der Waals surface area contributed by atoms with Crippen LogP contribution in [0.25, 0.3) is 10.1 Å². The van der Waals surface area contributed by atoms with Crippen molar-refractivity contribution in [1.29, 1.82) is 0 Å². The van der Waals surface area contributed by atoms with E-state index in [-0.39, 0.29) is 5.91 Å². The number of carbonyl (C=O) groups is 1. The first-order valence-corrected chi connectivity index (χ1v) is 7.43. The molecule has 0 radical (unpaired) electrons. The van der Waals surface area contributed by atoms with Crippen LogP contribution < -0.4 is 5.32 Å². The van der Waals surface area contributed by atoms with E-state index in [1.807, 2.05) is 12.1 Å². The lowest BCUT2D eigenvalue weighted by molar-refractivity contribution is -0.115. The van der Waals surface area contributed by atoms with Gasteiger partial charge in [0.1, 0.15) is 0 Å². The van der Waals surface area contributed by atoms with Gasteiger partial charge in [0.25, 0.3) is 0 Å². The fraction of sp³-hybridized carbons (Fsp3) is 0.0625. The van der Waals surface area contributed by atoms with Crippen molar-refractivity contribution in [3.63, 3.8) is 0 Å². The van der Waals surface area contributed by atoms with Gasteiger partial charge < -0.3 is 5.32 Å². The summed E-state index contributed by atoms with van der Waals surface area (Å²) in [6, 6.07) is 17.3. The van der Waals surface area contributed by atoms with E-state index in [0.29, 0.717) is 11.4 Å². The molecule has 100 valence electrons. The van der Waals surface area contributed by atoms with Gasteiger partial charge in [0.2, 0.25) is 5.91 Å². The number of carbonyl (C=O) groups excluding carboxylic acids is 1. The van der Waals surface area contributed by atoms with Crippen molar-refractivity contribution in [1.82, 2.24) is 0 Å². The second-order valence-electron chi connectivity index (χ2n) is 4.48. The predicted octanol–water partition coefficient (Wildman–Crippen LogP) is 4.74. The molecule has 3 aromatic rings. The van der Waals surface area contributed by atoms with Crippen molar-refractivity contribution in [3.8, 4) is 0 Å². The van der Waals surface area contributed by atoms with Gasteiger partial charge >= 0.3 is 0 Å². The summed E-state index contributed by atoms with van der Waals surface area (Å²) in [5, 5.41) is 4.72. The van der Waals surface area contributed by atoms with E-state index in [0.717, 1.165) is 10.6 Å². The van der Waals surface area contributed by atoms with Crippen LogP contribution in [-0.4, -0.2) is 5.91 Å². The van der Waals surface area contributed by atoms with Crippen LogP contribution in [0.5, 0.6) is 0 Å². The summed E-state index contributed by atoms with van der Waals surface area (Å²) in [7, 11) is 0. The molecule has 0 saturated heterocycles. The number of nitrogens with one attached hydrogen (secondary N) is 1. The number of hydrogen-bond donors (Lipinski definition) is 1. The number of rotatable bonds is 3. The summed E-state index contributed by atoms with van der Waals surface area (Å²) in [4.78, 5) is 13.1. The van der Waals surface area contributed by atoms with Crippen LogP contribution in [0.2, 0.25) is 5.02 Å². The maximum absolute atomic E-state index is 12.0. The van der Waals surface area contributed by atoms with Gasteiger partial charge in [-0.15, -0.1) is 11.3 Å². The zero-order valence-corrected chi connectivity index (χ0v) is 12.2. The zero-order chi connectivity index (χ0) is 13.9. The fourth-order valence-electron chi connectivity index (χ4n) is 2.02. The Morgan fingerprint density at radius 1 is 1.10 bits per heavy atom.